The number of carbonyl (C=O) groups excluding carboxylic acids is 1. The molecule has 6 rings (SSSR count). The molecule has 0 bridgehead atoms. The second kappa shape index (κ2) is 11.6. The van der Waals surface area contributed by atoms with E-state index in [2.05, 4.69) is 13.8 Å². The number of carbonyl (C=O) groups is 1. The predicted molar refractivity (Wildman–Crippen MR) is 165 cm³/mol. The van der Waals surface area contributed by atoms with Gasteiger partial charge in [-0.05, 0) is 72.4 Å². The van der Waals surface area contributed by atoms with Gasteiger partial charge in [0.15, 0.2) is 16.3 Å². The van der Waals surface area contributed by atoms with Crippen LogP contribution in [0.1, 0.15) is 60.5 Å². The highest BCUT2D eigenvalue weighted by Gasteiger charge is 2.36. The summed E-state index contributed by atoms with van der Waals surface area (Å²) >= 11 is 1.28. The molecule has 43 heavy (non-hydrogen) atoms. The van der Waals surface area contributed by atoms with Crippen molar-refractivity contribution in [3.05, 3.63) is 114 Å². The maximum absolute atomic E-state index is 14.3. The van der Waals surface area contributed by atoms with Crippen LogP contribution in [0.2, 0.25) is 0 Å². The van der Waals surface area contributed by atoms with Gasteiger partial charge in [0.2, 0.25) is 6.79 Å². The average Bonchev–Trinajstić information content (AvgIpc) is 3.60. The van der Waals surface area contributed by atoms with Gasteiger partial charge in [-0.25, -0.2) is 9.79 Å². The van der Waals surface area contributed by atoms with Crippen molar-refractivity contribution >= 4 is 29.1 Å². The van der Waals surface area contributed by atoms with Crippen molar-refractivity contribution in [1.82, 2.24) is 4.57 Å². The Morgan fingerprint density at radius 1 is 1.12 bits per heavy atom. The van der Waals surface area contributed by atoms with E-state index in [9.17, 15) is 9.59 Å². The zero-order valence-corrected chi connectivity index (χ0v) is 25.5. The van der Waals surface area contributed by atoms with Gasteiger partial charge in [0.25, 0.3) is 5.56 Å². The molecule has 0 spiro atoms. The van der Waals surface area contributed by atoms with E-state index in [4.69, 9.17) is 23.9 Å². The number of thiazole rings is 1. The van der Waals surface area contributed by atoms with Crippen LogP contribution in [0.4, 0.5) is 0 Å². The van der Waals surface area contributed by atoms with Crippen LogP contribution >= 0.6 is 11.3 Å². The quantitative estimate of drug-likeness (QED) is 0.276. The lowest BCUT2D eigenvalue weighted by Crippen LogP contribution is -2.40. The third-order valence-electron chi connectivity index (χ3n) is 7.60. The Kier molecular flexibility index (Phi) is 7.66. The Labute approximate surface area is 253 Å². The van der Waals surface area contributed by atoms with Gasteiger partial charge in [-0.15, -0.1) is 0 Å². The number of rotatable bonds is 7. The summed E-state index contributed by atoms with van der Waals surface area (Å²) in [5.74, 6) is 1.68. The van der Waals surface area contributed by atoms with Gasteiger partial charge in [0, 0.05) is 5.56 Å². The summed E-state index contributed by atoms with van der Waals surface area (Å²) in [5, 5.41) is 0. The second-order valence-electron chi connectivity index (χ2n) is 10.6. The molecule has 0 amide bonds. The molecule has 2 aliphatic rings. The Morgan fingerprint density at radius 3 is 2.60 bits per heavy atom. The molecular formula is C34H32N2O6S. The first-order valence-electron chi connectivity index (χ1n) is 14.2. The van der Waals surface area contributed by atoms with Gasteiger partial charge in [0.05, 0.1) is 35.6 Å². The first-order chi connectivity index (χ1) is 20.8. The third kappa shape index (κ3) is 5.14. The van der Waals surface area contributed by atoms with Crippen molar-refractivity contribution in [2.75, 3.05) is 20.5 Å². The van der Waals surface area contributed by atoms with Crippen molar-refractivity contribution in [3.63, 3.8) is 0 Å². The van der Waals surface area contributed by atoms with Crippen LogP contribution in [0.15, 0.2) is 76.0 Å². The highest BCUT2D eigenvalue weighted by atomic mass is 32.1. The first-order valence-corrected chi connectivity index (χ1v) is 15.0. The standard InChI is InChI=1S/C34H32N2O6S/c1-6-40-33(38)29-30(22-10-8-7-9-11-22)35-34-36(31(29)24-17-23(19(2)3)26(39-5)14-20(24)4)32(37)28(43-34)16-21-12-13-25-27(15-21)42-18-41-25/h7-17,19,31H,6,18H2,1-5H3/b28-16-. The lowest BCUT2D eigenvalue weighted by atomic mass is 9.87. The van der Waals surface area contributed by atoms with Gasteiger partial charge in [-0.1, -0.05) is 61.6 Å². The zero-order chi connectivity index (χ0) is 30.2. The van der Waals surface area contributed by atoms with E-state index in [0.717, 1.165) is 33.6 Å². The number of methoxy groups -OCH3 is 1. The maximum Gasteiger partial charge on any atom is 0.338 e. The van der Waals surface area contributed by atoms with Crippen LogP contribution < -0.4 is 29.1 Å². The van der Waals surface area contributed by atoms with Crippen LogP contribution in [0, 0.1) is 6.92 Å². The molecule has 8 nitrogen and oxygen atoms in total. The molecule has 1 unspecified atom stereocenters. The number of aromatic nitrogens is 1. The van der Waals surface area contributed by atoms with Crippen LogP contribution in [0.5, 0.6) is 17.2 Å². The van der Waals surface area contributed by atoms with E-state index in [1.165, 1.54) is 11.3 Å². The number of ether oxygens (including phenoxy) is 4. The monoisotopic (exact) mass is 596 g/mol. The van der Waals surface area contributed by atoms with Crippen LogP contribution in [0.3, 0.4) is 0 Å². The fourth-order valence-corrected chi connectivity index (χ4v) is 6.53. The minimum atomic E-state index is -0.771. The smallest absolute Gasteiger partial charge is 0.338 e. The largest absolute Gasteiger partial charge is 0.496 e. The minimum Gasteiger partial charge on any atom is -0.496 e. The van der Waals surface area contributed by atoms with Crippen LogP contribution in [-0.2, 0) is 9.53 Å². The average molecular weight is 597 g/mol. The summed E-state index contributed by atoms with van der Waals surface area (Å²) in [6, 6.07) is 18.3. The molecule has 0 N–H and O–H groups in total. The fourth-order valence-electron chi connectivity index (χ4n) is 5.53. The molecule has 2 aliphatic heterocycles. The molecule has 0 saturated heterocycles. The third-order valence-corrected chi connectivity index (χ3v) is 8.59. The van der Waals surface area contributed by atoms with Gasteiger partial charge in [-0.2, -0.15) is 0 Å². The van der Waals surface area contributed by atoms with E-state index in [1.54, 1.807) is 18.6 Å². The first kappa shape index (κ1) is 28.5. The summed E-state index contributed by atoms with van der Waals surface area (Å²) in [6.07, 6.45) is 1.82. The SMILES string of the molecule is CCOC(=O)C1=C(c2ccccc2)N=c2s/c(=C\c3ccc4c(c3)OCO4)c(=O)n2C1c1cc(C(C)C)c(OC)cc1C. The summed E-state index contributed by atoms with van der Waals surface area (Å²) in [5.41, 5.74) is 4.79. The predicted octanol–water partition coefficient (Wildman–Crippen LogP) is 5.10. The van der Waals surface area contributed by atoms with Crippen molar-refractivity contribution < 1.29 is 23.7 Å². The van der Waals surface area contributed by atoms with Crippen molar-refractivity contribution in [3.8, 4) is 17.2 Å². The summed E-state index contributed by atoms with van der Waals surface area (Å²) in [4.78, 5) is 33.6. The molecule has 0 saturated carbocycles. The van der Waals surface area contributed by atoms with Crippen molar-refractivity contribution in [2.45, 2.75) is 39.7 Å². The topological polar surface area (TPSA) is 88.4 Å². The van der Waals surface area contributed by atoms with Crippen LogP contribution in [-0.4, -0.2) is 31.0 Å². The highest BCUT2D eigenvalue weighted by molar-refractivity contribution is 7.07. The molecule has 3 heterocycles. The van der Waals surface area contributed by atoms with Gasteiger partial charge in [-0.3, -0.25) is 9.36 Å². The number of hydrogen-bond acceptors (Lipinski definition) is 8. The Hall–Kier alpha value is -4.63. The molecule has 9 heteroatoms. The summed E-state index contributed by atoms with van der Waals surface area (Å²) in [7, 11) is 1.65. The number of hydrogen-bond donors (Lipinski definition) is 0. The molecule has 0 fully saturated rings. The molecular weight excluding hydrogens is 564 g/mol. The normalized spacial score (nSPS) is 15.9. The molecule has 1 aromatic heterocycles. The Balaban J connectivity index is 1.66. The maximum atomic E-state index is 14.3. The zero-order valence-electron chi connectivity index (χ0n) is 24.7. The number of esters is 1. The summed E-state index contributed by atoms with van der Waals surface area (Å²) in [6.45, 7) is 8.27. The number of nitrogens with zero attached hydrogens (tertiary/aromatic N) is 2. The van der Waals surface area contributed by atoms with Gasteiger partial charge < -0.3 is 18.9 Å². The number of benzene rings is 3. The van der Waals surface area contributed by atoms with Gasteiger partial charge in [0.1, 0.15) is 5.75 Å². The number of aryl methyl sites for hydroxylation is 1. The summed E-state index contributed by atoms with van der Waals surface area (Å²) < 4.78 is 24.4. The second-order valence-corrected chi connectivity index (χ2v) is 11.7. The highest BCUT2D eigenvalue weighted by Crippen LogP contribution is 2.40. The van der Waals surface area contributed by atoms with E-state index < -0.39 is 12.0 Å². The Morgan fingerprint density at radius 2 is 1.88 bits per heavy atom. The van der Waals surface area contributed by atoms with Crippen molar-refractivity contribution in [2.24, 2.45) is 4.99 Å². The molecule has 0 radical (unpaired) electrons. The Bertz CT molecular complexity index is 1940. The lowest BCUT2D eigenvalue weighted by molar-refractivity contribution is -0.138. The van der Waals surface area contributed by atoms with E-state index in [1.807, 2.05) is 73.7 Å². The minimum absolute atomic E-state index is 0.139. The lowest BCUT2D eigenvalue weighted by Gasteiger charge is -2.28. The van der Waals surface area contributed by atoms with Crippen molar-refractivity contribution in [1.29, 1.82) is 0 Å². The molecule has 0 aliphatic carbocycles. The number of fused-ring (bicyclic) bond motifs is 2. The van der Waals surface area contributed by atoms with E-state index in [-0.39, 0.29) is 24.9 Å². The van der Waals surface area contributed by atoms with E-state index >= 15 is 0 Å². The molecule has 220 valence electrons. The molecule has 4 aromatic rings. The van der Waals surface area contributed by atoms with Crippen LogP contribution in [0.25, 0.3) is 11.8 Å². The molecule has 3 aromatic carbocycles. The van der Waals surface area contributed by atoms with E-state index in [0.29, 0.717) is 32.1 Å². The van der Waals surface area contributed by atoms with Gasteiger partial charge >= 0.3 is 5.97 Å². The fraction of sp³-hybridized carbons (Fsp3) is 0.265. The molecule has 1 atom stereocenters.